The second-order valence-corrected chi connectivity index (χ2v) is 1.57. The first-order valence-corrected chi connectivity index (χ1v) is 2.75. The van der Waals surface area contributed by atoms with E-state index in [1.54, 1.807) is 7.11 Å². The van der Waals surface area contributed by atoms with Gasteiger partial charge in [0, 0.05) is 0 Å². The van der Waals surface area contributed by atoms with E-state index in [1.807, 2.05) is 0 Å². The number of amidine groups is 1. The lowest BCUT2D eigenvalue weighted by molar-refractivity contribution is 0.263. The van der Waals surface area contributed by atoms with Crippen molar-refractivity contribution in [1.82, 2.24) is 5.32 Å². The van der Waals surface area contributed by atoms with Crippen LogP contribution in [0.3, 0.4) is 0 Å². The highest BCUT2D eigenvalue weighted by molar-refractivity contribution is 5.76. The summed E-state index contributed by atoms with van der Waals surface area (Å²) in [6, 6.07) is 0.413. The van der Waals surface area contributed by atoms with Gasteiger partial charge < -0.3 is 9.47 Å². The minimum atomic E-state index is 0.413. The molecule has 0 bridgehead atoms. The van der Waals surface area contributed by atoms with Crippen LogP contribution in [0.5, 0.6) is 0 Å². The third-order valence-corrected chi connectivity index (χ3v) is 0.995. The molecule has 1 aliphatic rings. The summed E-state index contributed by atoms with van der Waals surface area (Å²) in [6.45, 7) is 0. The molecule has 0 unspecified atom stereocenters. The number of rotatable bonds is 1. The molecule has 0 saturated heterocycles. The Morgan fingerprint density at radius 3 is 2.90 bits per heavy atom. The van der Waals surface area contributed by atoms with Crippen LogP contribution in [-0.2, 0) is 9.47 Å². The lowest BCUT2D eigenvalue weighted by Gasteiger charge is -2.09. The average Bonchev–Trinajstić information content (AvgIpc) is 2.05. The Hall–Kier alpha value is -1.41. The normalized spacial score (nSPS) is 15.0. The Kier molecular flexibility index (Phi) is 1.97. The van der Waals surface area contributed by atoms with Gasteiger partial charge in [0.2, 0.25) is 5.88 Å². The Balaban J connectivity index is 2.66. The molecule has 4 nitrogen and oxygen atoms in total. The molecule has 1 aliphatic heterocycles. The Morgan fingerprint density at radius 1 is 1.50 bits per heavy atom. The summed E-state index contributed by atoms with van der Waals surface area (Å²) in [6.07, 6.45) is 1.48. The molecule has 0 radical (unpaired) electrons. The van der Waals surface area contributed by atoms with Crippen LogP contribution in [0, 0.1) is 0 Å². The lowest BCUT2D eigenvalue weighted by atomic mass is 10.7. The van der Waals surface area contributed by atoms with Gasteiger partial charge in [-0.1, -0.05) is 0 Å². The highest BCUT2D eigenvalue weighted by atomic mass is 16.5. The molecule has 0 saturated carbocycles. The van der Waals surface area contributed by atoms with E-state index in [4.69, 9.17) is 9.47 Å². The summed E-state index contributed by atoms with van der Waals surface area (Å²) in [5.41, 5.74) is 2.72. The number of nitrogens with one attached hydrogen (secondary N) is 1. The van der Waals surface area contributed by atoms with Crippen LogP contribution in [-0.4, -0.2) is 20.2 Å². The molecule has 1 heterocycles. The first-order chi connectivity index (χ1) is 4.86. The molecule has 0 amide bonds. The second-order valence-electron chi connectivity index (χ2n) is 1.57. The van der Waals surface area contributed by atoms with Gasteiger partial charge in [-0.05, 0) is 5.73 Å². The van der Waals surface area contributed by atoms with Gasteiger partial charge in [-0.15, -0.1) is 0 Å². The first kappa shape index (κ1) is 6.71. The van der Waals surface area contributed by atoms with Crippen molar-refractivity contribution in [3.05, 3.63) is 17.8 Å². The molecule has 0 aliphatic carbocycles. The molecule has 0 aromatic rings. The quantitative estimate of drug-likeness (QED) is 0.529. The van der Waals surface area contributed by atoms with Gasteiger partial charge in [-0.25, -0.2) is 0 Å². The van der Waals surface area contributed by atoms with Crippen molar-refractivity contribution in [2.75, 3.05) is 14.2 Å². The predicted molar refractivity (Wildman–Crippen MR) is 36.2 cm³/mol. The number of ether oxygens (including phenoxy) is 2. The summed E-state index contributed by atoms with van der Waals surface area (Å²) >= 11 is 0. The van der Waals surface area contributed by atoms with E-state index in [-0.39, 0.29) is 0 Å². The zero-order valence-corrected chi connectivity index (χ0v) is 5.84. The third-order valence-electron chi connectivity index (χ3n) is 0.995. The molecular weight excluding hydrogens is 132 g/mol. The predicted octanol–water partition coefficient (Wildman–Crippen LogP) is 0.192. The van der Waals surface area contributed by atoms with Gasteiger partial charge in [-0.2, -0.15) is 4.99 Å². The summed E-state index contributed by atoms with van der Waals surface area (Å²) in [5, 5.41) is 2.73. The van der Waals surface area contributed by atoms with Crippen LogP contribution in [0.15, 0.2) is 22.8 Å². The molecule has 1 rings (SSSR count). The SMILES string of the molecule is COC1=C=CN=C(OC)N1. The van der Waals surface area contributed by atoms with Crippen LogP contribution in [0.4, 0.5) is 0 Å². The summed E-state index contributed by atoms with van der Waals surface area (Å²) in [4.78, 5) is 3.79. The summed E-state index contributed by atoms with van der Waals surface area (Å²) in [7, 11) is 3.07. The van der Waals surface area contributed by atoms with Crippen molar-refractivity contribution in [3.8, 4) is 0 Å². The van der Waals surface area contributed by atoms with E-state index >= 15 is 0 Å². The van der Waals surface area contributed by atoms with E-state index in [2.05, 4.69) is 16.0 Å². The number of aliphatic imine (C=N–C) groups is 1. The van der Waals surface area contributed by atoms with Gasteiger partial charge in [-0.3, -0.25) is 5.32 Å². The first-order valence-electron chi connectivity index (χ1n) is 2.75. The van der Waals surface area contributed by atoms with E-state index in [1.165, 1.54) is 13.3 Å². The highest BCUT2D eigenvalue weighted by Crippen LogP contribution is 1.93. The molecule has 0 aromatic heterocycles. The number of methoxy groups -OCH3 is 2. The lowest BCUT2D eigenvalue weighted by Crippen LogP contribution is -2.25. The molecule has 0 fully saturated rings. The van der Waals surface area contributed by atoms with Crippen molar-refractivity contribution in [2.24, 2.45) is 4.99 Å². The fourth-order valence-electron chi connectivity index (χ4n) is 0.529. The molecule has 0 atom stereocenters. The third kappa shape index (κ3) is 1.30. The molecule has 4 heteroatoms. The standard InChI is InChI=1S/C6H8N2O2/c1-9-5-3-4-7-6(8-5)10-2/h4H,1-2H3,(H,7,8). The van der Waals surface area contributed by atoms with Gasteiger partial charge in [0.15, 0.2) is 0 Å². The fraction of sp³-hybridized carbons (Fsp3) is 0.333. The molecule has 54 valence electrons. The van der Waals surface area contributed by atoms with Gasteiger partial charge in [0.1, 0.15) is 0 Å². The molecule has 10 heavy (non-hydrogen) atoms. The largest absolute Gasteiger partial charge is 0.476 e. The van der Waals surface area contributed by atoms with Crippen molar-refractivity contribution in [3.63, 3.8) is 0 Å². The molecular formula is C6H8N2O2. The monoisotopic (exact) mass is 140 g/mol. The topological polar surface area (TPSA) is 42.9 Å². The zero-order chi connectivity index (χ0) is 7.40. The van der Waals surface area contributed by atoms with Crippen LogP contribution in [0.25, 0.3) is 0 Å². The van der Waals surface area contributed by atoms with Gasteiger partial charge in [0.05, 0.1) is 20.4 Å². The van der Waals surface area contributed by atoms with E-state index in [0.29, 0.717) is 11.9 Å². The second kappa shape index (κ2) is 2.94. The number of nitrogens with zero attached hydrogens (tertiary/aromatic N) is 1. The van der Waals surface area contributed by atoms with E-state index < -0.39 is 0 Å². The van der Waals surface area contributed by atoms with Gasteiger partial charge in [0.25, 0.3) is 6.02 Å². The molecule has 0 spiro atoms. The minimum absolute atomic E-state index is 0.413. The Bertz CT molecular complexity index is 214. The van der Waals surface area contributed by atoms with Gasteiger partial charge >= 0.3 is 0 Å². The van der Waals surface area contributed by atoms with Crippen LogP contribution < -0.4 is 5.32 Å². The maximum absolute atomic E-state index is 4.83. The summed E-state index contributed by atoms with van der Waals surface area (Å²) < 4.78 is 9.62. The average molecular weight is 140 g/mol. The molecule has 0 aromatic carbocycles. The van der Waals surface area contributed by atoms with Crippen LogP contribution >= 0.6 is 0 Å². The maximum Gasteiger partial charge on any atom is 0.297 e. The van der Waals surface area contributed by atoms with Crippen LogP contribution in [0.1, 0.15) is 0 Å². The maximum atomic E-state index is 4.83. The van der Waals surface area contributed by atoms with E-state index in [9.17, 15) is 0 Å². The Morgan fingerprint density at radius 2 is 2.30 bits per heavy atom. The highest BCUT2D eigenvalue weighted by Gasteiger charge is 2.02. The van der Waals surface area contributed by atoms with Crippen molar-refractivity contribution < 1.29 is 9.47 Å². The number of hydrogen-bond donors (Lipinski definition) is 1. The fourth-order valence-corrected chi connectivity index (χ4v) is 0.529. The van der Waals surface area contributed by atoms with Crippen molar-refractivity contribution in [1.29, 1.82) is 0 Å². The van der Waals surface area contributed by atoms with E-state index in [0.717, 1.165) is 0 Å². The molecule has 1 N–H and O–H groups in total. The minimum Gasteiger partial charge on any atom is -0.476 e. The zero-order valence-electron chi connectivity index (χ0n) is 5.84. The van der Waals surface area contributed by atoms with Crippen LogP contribution in [0.2, 0.25) is 0 Å². The summed E-state index contributed by atoms with van der Waals surface area (Å²) in [5.74, 6) is 0.506. The van der Waals surface area contributed by atoms with Crippen molar-refractivity contribution >= 4 is 6.02 Å². The Labute approximate surface area is 58.9 Å². The van der Waals surface area contributed by atoms with Crippen molar-refractivity contribution in [2.45, 2.75) is 0 Å². The number of hydrogen-bond acceptors (Lipinski definition) is 4. The smallest absolute Gasteiger partial charge is 0.297 e.